The number of ether oxygens (including phenoxy) is 1. The van der Waals surface area contributed by atoms with E-state index in [9.17, 15) is 10.1 Å². The molecular weight excluding hydrogens is 417 g/mol. The van der Waals surface area contributed by atoms with Gasteiger partial charge in [-0.2, -0.15) is 5.26 Å². The Morgan fingerprint density at radius 3 is 2.54 bits per heavy atom. The first kappa shape index (κ1) is 18.1. The second-order valence-electron chi connectivity index (χ2n) is 5.81. The minimum Gasteiger partial charge on any atom is -0.476 e. The summed E-state index contributed by atoms with van der Waals surface area (Å²) >= 11 is 2.10. The van der Waals surface area contributed by atoms with E-state index in [4.69, 9.17) is 10.5 Å². The van der Waals surface area contributed by atoms with Crippen molar-refractivity contribution in [2.75, 3.05) is 5.73 Å². The Balaban J connectivity index is 2.14. The summed E-state index contributed by atoms with van der Waals surface area (Å²) in [6.45, 7) is 3.73. The first-order chi connectivity index (χ1) is 11.3. The number of nitrogens with two attached hydrogens (primary N) is 1. The van der Waals surface area contributed by atoms with Crippen LogP contribution in [0.3, 0.4) is 0 Å². The van der Waals surface area contributed by atoms with Gasteiger partial charge in [0.15, 0.2) is 4.11 Å². The summed E-state index contributed by atoms with van der Waals surface area (Å²) in [7, 11) is 0. The van der Waals surface area contributed by atoms with E-state index in [1.165, 1.54) is 0 Å². The highest BCUT2D eigenvalue weighted by atomic mass is 127. The van der Waals surface area contributed by atoms with Crippen LogP contribution in [0.1, 0.15) is 29.8 Å². The summed E-state index contributed by atoms with van der Waals surface area (Å²) in [5.74, 6) is 0.220. The number of alkyl halides is 1. The van der Waals surface area contributed by atoms with Crippen LogP contribution in [-0.4, -0.2) is 15.6 Å². The van der Waals surface area contributed by atoms with Gasteiger partial charge in [-0.25, -0.2) is 0 Å². The average Bonchev–Trinajstić information content (AvgIpc) is 2.55. The number of nitrogens with zero attached hydrogens (tertiary/aromatic N) is 1. The van der Waals surface area contributed by atoms with Gasteiger partial charge >= 0.3 is 0 Å². The first-order valence-corrected chi connectivity index (χ1v) is 8.56. The smallest absolute Gasteiger partial charge is 0.251 e. The molecular formula is C18H18IN3O2. The molecule has 1 unspecified atom stereocenters. The third-order valence-corrected chi connectivity index (χ3v) is 5.25. The van der Waals surface area contributed by atoms with Crippen LogP contribution in [0.2, 0.25) is 0 Å². The van der Waals surface area contributed by atoms with Gasteiger partial charge in [0.1, 0.15) is 17.4 Å². The normalized spacial score (nSPS) is 12.1. The zero-order valence-corrected chi connectivity index (χ0v) is 15.6. The molecule has 0 radical (unpaired) electrons. The van der Waals surface area contributed by atoms with Crippen LogP contribution in [0, 0.1) is 11.3 Å². The lowest BCUT2D eigenvalue weighted by molar-refractivity contribution is 0.0870. The summed E-state index contributed by atoms with van der Waals surface area (Å²) < 4.78 is 5.48. The van der Waals surface area contributed by atoms with Gasteiger partial charge < -0.3 is 15.8 Å². The number of rotatable bonds is 5. The molecule has 24 heavy (non-hydrogen) atoms. The zero-order valence-electron chi connectivity index (χ0n) is 13.4. The van der Waals surface area contributed by atoms with Gasteiger partial charge in [0.25, 0.3) is 5.91 Å². The molecule has 2 aromatic carbocycles. The Kier molecular flexibility index (Phi) is 5.67. The number of anilines is 1. The lowest BCUT2D eigenvalue weighted by Crippen LogP contribution is -2.51. The molecule has 1 atom stereocenters. The Morgan fingerprint density at radius 1 is 1.25 bits per heavy atom. The standard InChI is InChI=1S/C18H18IN3O2/c1-18(2,22-16(23)12-7-4-3-5-8-12)17(19)24-15-10-6-9-14(21)13(15)11-20/h3-10,17H,21H2,1-2H3,(H,22,23). The lowest BCUT2D eigenvalue weighted by Gasteiger charge is -2.32. The molecule has 124 valence electrons. The van der Waals surface area contributed by atoms with E-state index < -0.39 is 9.65 Å². The Morgan fingerprint density at radius 2 is 1.92 bits per heavy atom. The van der Waals surface area contributed by atoms with E-state index in [0.717, 1.165) is 0 Å². The highest BCUT2D eigenvalue weighted by Crippen LogP contribution is 2.29. The molecule has 0 aliphatic carbocycles. The van der Waals surface area contributed by atoms with Crippen molar-refractivity contribution >= 4 is 34.2 Å². The fourth-order valence-corrected chi connectivity index (χ4v) is 2.47. The molecule has 0 aromatic heterocycles. The molecule has 0 spiro atoms. The van der Waals surface area contributed by atoms with Gasteiger partial charge in [0.2, 0.25) is 0 Å². The number of amides is 1. The van der Waals surface area contributed by atoms with Crippen LogP contribution in [0.25, 0.3) is 0 Å². The van der Waals surface area contributed by atoms with Crippen molar-refractivity contribution in [2.45, 2.75) is 23.5 Å². The largest absolute Gasteiger partial charge is 0.476 e. The van der Waals surface area contributed by atoms with Crippen molar-refractivity contribution in [2.24, 2.45) is 0 Å². The van der Waals surface area contributed by atoms with Crippen molar-refractivity contribution in [3.8, 4) is 11.8 Å². The minimum atomic E-state index is -0.662. The maximum absolute atomic E-state index is 12.4. The van der Waals surface area contributed by atoms with Gasteiger partial charge in [-0.1, -0.05) is 24.3 Å². The maximum Gasteiger partial charge on any atom is 0.251 e. The summed E-state index contributed by atoms with van der Waals surface area (Å²) in [4.78, 5) is 12.4. The number of hydrogen-bond donors (Lipinski definition) is 2. The Bertz CT molecular complexity index is 770. The van der Waals surface area contributed by atoms with E-state index >= 15 is 0 Å². The lowest BCUT2D eigenvalue weighted by atomic mass is 10.1. The molecule has 6 heteroatoms. The van der Waals surface area contributed by atoms with Crippen LogP contribution in [0.15, 0.2) is 48.5 Å². The predicted octanol–water partition coefficient (Wildman–Crippen LogP) is 3.49. The van der Waals surface area contributed by atoms with Gasteiger partial charge in [0, 0.05) is 5.56 Å². The van der Waals surface area contributed by atoms with Crippen LogP contribution in [-0.2, 0) is 0 Å². The van der Waals surface area contributed by atoms with Crippen LogP contribution in [0.4, 0.5) is 5.69 Å². The van der Waals surface area contributed by atoms with E-state index in [0.29, 0.717) is 22.6 Å². The number of carbonyl (C=O) groups excluding carboxylic acids is 1. The summed E-state index contributed by atoms with van der Waals surface area (Å²) in [6, 6.07) is 16.1. The van der Waals surface area contributed by atoms with Crippen molar-refractivity contribution in [1.82, 2.24) is 5.32 Å². The maximum atomic E-state index is 12.4. The summed E-state index contributed by atoms with van der Waals surface area (Å²) in [5.41, 5.74) is 6.38. The number of nitrogen functional groups attached to an aromatic ring is 1. The summed E-state index contributed by atoms with van der Waals surface area (Å²) in [5, 5.41) is 12.2. The third-order valence-electron chi connectivity index (χ3n) is 3.44. The van der Waals surface area contributed by atoms with E-state index in [1.54, 1.807) is 30.3 Å². The first-order valence-electron chi connectivity index (χ1n) is 7.32. The van der Waals surface area contributed by atoms with Gasteiger partial charge in [0.05, 0.1) is 11.2 Å². The molecule has 2 rings (SSSR count). The van der Waals surface area contributed by atoms with Crippen molar-refractivity contribution in [1.29, 1.82) is 5.26 Å². The molecule has 0 saturated heterocycles. The zero-order chi connectivity index (χ0) is 17.7. The van der Waals surface area contributed by atoms with Gasteiger partial charge in [-0.3, -0.25) is 4.79 Å². The van der Waals surface area contributed by atoms with Gasteiger partial charge in [-0.05, 0) is 60.7 Å². The fourth-order valence-electron chi connectivity index (χ4n) is 2.04. The molecule has 0 aliphatic heterocycles. The van der Waals surface area contributed by atoms with Crippen molar-refractivity contribution in [3.63, 3.8) is 0 Å². The molecule has 5 nitrogen and oxygen atoms in total. The number of nitriles is 1. The molecule has 0 aliphatic rings. The number of carbonyl (C=O) groups is 1. The quantitative estimate of drug-likeness (QED) is 0.428. The monoisotopic (exact) mass is 435 g/mol. The van der Waals surface area contributed by atoms with Crippen molar-refractivity contribution < 1.29 is 9.53 Å². The molecule has 0 bridgehead atoms. The summed E-state index contributed by atoms with van der Waals surface area (Å²) in [6.07, 6.45) is 0. The van der Waals surface area contributed by atoms with E-state index in [2.05, 4.69) is 27.9 Å². The Labute approximate surface area is 154 Å². The minimum absolute atomic E-state index is 0.182. The topological polar surface area (TPSA) is 88.1 Å². The van der Waals surface area contributed by atoms with Crippen LogP contribution in [0.5, 0.6) is 5.75 Å². The second kappa shape index (κ2) is 7.53. The van der Waals surface area contributed by atoms with Crippen LogP contribution >= 0.6 is 22.6 Å². The predicted molar refractivity (Wildman–Crippen MR) is 102 cm³/mol. The number of hydrogen-bond acceptors (Lipinski definition) is 4. The number of halogens is 1. The molecule has 3 N–H and O–H groups in total. The molecule has 2 aromatic rings. The SMILES string of the molecule is CC(C)(NC(=O)c1ccccc1)C(I)Oc1cccc(N)c1C#N. The average molecular weight is 435 g/mol. The van der Waals surface area contributed by atoms with E-state index in [1.807, 2.05) is 38.1 Å². The second-order valence-corrected chi connectivity index (χ2v) is 6.94. The number of benzene rings is 2. The highest BCUT2D eigenvalue weighted by molar-refractivity contribution is 14.1. The van der Waals surface area contributed by atoms with E-state index in [-0.39, 0.29) is 5.91 Å². The van der Waals surface area contributed by atoms with Crippen LogP contribution < -0.4 is 15.8 Å². The third kappa shape index (κ3) is 4.17. The Hall–Kier alpha value is -2.27. The highest BCUT2D eigenvalue weighted by Gasteiger charge is 2.32. The molecule has 0 heterocycles. The molecule has 0 fully saturated rings. The molecule has 0 saturated carbocycles. The number of nitrogens with one attached hydrogen (secondary N) is 1. The molecule has 1 amide bonds. The van der Waals surface area contributed by atoms with Gasteiger partial charge in [-0.15, -0.1) is 0 Å². The fraction of sp³-hybridized carbons (Fsp3) is 0.222. The van der Waals surface area contributed by atoms with Crippen molar-refractivity contribution in [3.05, 3.63) is 59.7 Å².